The van der Waals surface area contributed by atoms with E-state index in [1.165, 1.54) is 23.5 Å². The second-order valence-corrected chi connectivity index (χ2v) is 7.41. The van der Waals surface area contributed by atoms with E-state index in [1.54, 1.807) is 54.6 Å². The Kier molecular flexibility index (Phi) is 5.36. The third-order valence-electron chi connectivity index (χ3n) is 4.48. The van der Waals surface area contributed by atoms with Gasteiger partial charge >= 0.3 is 11.9 Å². The molecule has 1 N–H and O–H groups in total. The van der Waals surface area contributed by atoms with Crippen molar-refractivity contribution in [1.29, 1.82) is 0 Å². The molecule has 2 heterocycles. The predicted molar refractivity (Wildman–Crippen MR) is 113 cm³/mol. The van der Waals surface area contributed by atoms with Crippen LogP contribution < -0.4 is 0 Å². The van der Waals surface area contributed by atoms with Gasteiger partial charge in [0, 0.05) is 11.1 Å². The van der Waals surface area contributed by atoms with Crippen molar-refractivity contribution in [2.75, 3.05) is 0 Å². The number of carboxylic acids is 1. The molecule has 0 saturated heterocycles. The molecule has 6 nitrogen and oxygen atoms in total. The summed E-state index contributed by atoms with van der Waals surface area (Å²) in [5.41, 5.74) is 2.31. The molecule has 0 radical (unpaired) electrons. The van der Waals surface area contributed by atoms with Crippen LogP contribution in [0.25, 0.3) is 6.08 Å². The normalized spacial score (nSPS) is 15.8. The molecule has 1 aliphatic heterocycles. The number of carbonyl (C=O) groups excluding carboxylic acids is 2. The number of thiophene rings is 1. The summed E-state index contributed by atoms with van der Waals surface area (Å²) in [6.45, 7) is 0. The number of hydrogen-bond acceptors (Lipinski definition) is 6. The summed E-state index contributed by atoms with van der Waals surface area (Å²) in [7, 11) is 0. The Balaban J connectivity index is 1.46. The molecule has 2 aromatic carbocycles. The molecule has 0 spiro atoms. The highest BCUT2D eigenvalue weighted by Crippen LogP contribution is 2.25. The molecule has 7 heteroatoms. The predicted octanol–water partition coefficient (Wildman–Crippen LogP) is 4.39. The number of aliphatic imine (C=N–C) groups is 1. The van der Waals surface area contributed by atoms with E-state index in [-0.39, 0.29) is 17.1 Å². The first kappa shape index (κ1) is 19.5. The zero-order valence-electron chi connectivity index (χ0n) is 15.5. The minimum Gasteiger partial charge on any atom is -0.478 e. The number of benzene rings is 2. The van der Waals surface area contributed by atoms with Crippen molar-refractivity contribution >= 4 is 40.8 Å². The molecule has 0 aliphatic carbocycles. The summed E-state index contributed by atoms with van der Waals surface area (Å²) >= 11 is 1.40. The number of aromatic carboxylic acids is 1. The maximum Gasteiger partial charge on any atom is 0.358 e. The second kappa shape index (κ2) is 8.26. The maximum atomic E-state index is 12.3. The van der Waals surface area contributed by atoms with Crippen molar-refractivity contribution < 1.29 is 24.2 Å². The van der Waals surface area contributed by atoms with Crippen LogP contribution >= 0.6 is 11.3 Å². The van der Waals surface area contributed by atoms with Crippen LogP contribution in [-0.2, 0) is 9.53 Å². The molecule has 0 bridgehead atoms. The van der Waals surface area contributed by atoms with Gasteiger partial charge in [-0.25, -0.2) is 14.6 Å². The van der Waals surface area contributed by atoms with Gasteiger partial charge < -0.3 is 9.84 Å². The smallest absolute Gasteiger partial charge is 0.358 e. The molecule has 0 saturated carbocycles. The van der Waals surface area contributed by atoms with Gasteiger partial charge in [0.15, 0.2) is 0 Å². The Morgan fingerprint density at radius 1 is 0.967 bits per heavy atom. The average molecular weight is 417 g/mol. The Morgan fingerprint density at radius 3 is 2.30 bits per heavy atom. The zero-order chi connectivity index (χ0) is 21.1. The van der Waals surface area contributed by atoms with Gasteiger partial charge in [0.25, 0.3) is 0 Å². The zero-order valence-corrected chi connectivity index (χ0v) is 16.3. The summed E-state index contributed by atoms with van der Waals surface area (Å²) in [5, 5.41) is 10.8. The summed E-state index contributed by atoms with van der Waals surface area (Å²) in [4.78, 5) is 40.3. The lowest BCUT2D eigenvalue weighted by Crippen LogP contribution is -2.07. The first-order valence-corrected chi connectivity index (χ1v) is 9.87. The topological polar surface area (TPSA) is 93.0 Å². The lowest BCUT2D eigenvalue weighted by Gasteiger charge is -2.06. The van der Waals surface area contributed by atoms with E-state index in [4.69, 9.17) is 9.84 Å². The minimum atomic E-state index is -1.03. The number of ether oxygens (including phenoxy) is 1. The summed E-state index contributed by atoms with van der Waals surface area (Å²) < 4.78 is 5.26. The summed E-state index contributed by atoms with van der Waals surface area (Å²) in [5.74, 6) is -1.61. The average Bonchev–Trinajstić information content (AvgIpc) is 3.42. The SMILES string of the molecule is O=C1OC(c2ccc(C(=O)O)cc2)N=C1/C=C/c1ccc(C(=O)c2cccs2)cc1. The first-order chi connectivity index (χ1) is 14.5. The lowest BCUT2D eigenvalue weighted by molar-refractivity contribution is -0.137. The Labute approximate surface area is 175 Å². The molecule has 3 aromatic rings. The number of rotatable bonds is 6. The van der Waals surface area contributed by atoms with Gasteiger partial charge in [0.2, 0.25) is 12.0 Å². The molecule has 0 amide bonds. The Bertz CT molecular complexity index is 1160. The van der Waals surface area contributed by atoms with Gasteiger partial charge in [-0.2, -0.15) is 0 Å². The lowest BCUT2D eigenvalue weighted by atomic mass is 10.1. The number of carboxylic acid groups (broad SMARTS) is 1. The van der Waals surface area contributed by atoms with E-state index < -0.39 is 18.2 Å². The molecule has 1 aromatic heterocycles. The Morgan fingerprint density at radius 2 is 1.67 bits per heavy atom. The minimum absolute atomic E-state index is 0.0268. The van der Waals surface area contributed by atoms with E-state index in [1.807, 2.05) is 11.4 Å². The maximum absolute atomic E-state index is 12.3. The standard InChI is InChI=1S/C23H15NO5S/c25-20(19-2-1-13-30-19)15-6-3-14(4-7-15)5-12-18-23(28)29-21(24-18)16-8-10-17(11-9-16)22(26)27/h1-13,21H,(H,26,27)/b12-5+. The van der Waals surface area contributed by atoms with Gasteiger partial charge in [0.05, 0.1) is 10.4 Å². The van der Waals surface area contributed by atoms with E-state index in [0.29, 0.717) is 16.0 Å². The van der Waals surface area contributed by atoms with Crippen molar-refractivity contribution in [2.24, 2.45) is 4.99 Å². The van der Waals surface area contributed by atoms with Gasteiger partial charge in [-0.15, -0.1) is 11.3 Å². The molecular formula is C23H15NO5S. The molecular weight excluding hydrogens is 402 g/mol. The third-order valence-corrected chi connectivity index (χ3v) is 5.35. The van der Waals surface area contributed by atoms with Gasteiger partial charge in [0.1, 0.15) is 5.71 Å². The highest BCUT2D eigenvalue weighted by Gasteiger charge is 2.26. The van der Waals surface area contributed by atoms with Gasteiger partial charge in [-0.05, 0) is 35.2 Å². The van der Waals surface area contributed by atoms with Crippen LogP contribution in [0.3, 0.4) is 0 Å². The quantitative estimate of drug-likeness (QED) is 0.474. The van der Waals surface area contributed by atoms with Crippen LogP contribution in [0.5, 0.6) is 0 Å². The molecule has 1 unspecified atom stereocenters. The Hall–Kier alpha value is -3.84. The van der Waals surface area contributed by atoms with E-state index >= 15 is 0 Å². The van der Waals surface area contributed by atoms with Crippen LogP contribution in [0.1, 0.15) is 42.9 Å². The second-order valence-electron chi connectivity index (χ2n) is 6.46. The number of cyclic esters (lactones) is 1. The number of nitrogens with zero attached hydrogens (tertiary/aromatic N) is 1. The molecule has 4 rings (SSSR count). The molecule has 0 fully saturated rings. The van der Waals surface area contributed by atoms with Crippen molar-refractivity contribution in [3.8, 4) is 0 Å². The summed E-state index contributed by atoms with van der Waals surface area (Å²) in [6, 6.07) is 16.7. The highest BCUT2D eigenvalue weighted by molar-refractivity contribution is 7.12. The van der Waals surface area contributed by atoms with Crippen LogP contribution in [-0.4, -0.2) is 28.5 Å². The third kappa shape index (κ3) is 4.11. The molecule has 30 heavy (non-hydrogen) atoms. The number of carbonyl (C=O) groups is 3. The summed E-state index contributed by atoms with van der Waals surface area (Å²) in [6.07, 6.45) is 2.48. The van der Waals surface area contributed by atoms with Gasteiger partial charge in [-0.1, -0.05) is 48.5 Å². The van der Waals surface area contributed by atoms with Crippen LogP contribution in [0, 0.1) is 0 Å². The molecule has 1 aliphatic rings. The fourth-order valence-electron chi connectivity index (χ4n) is 2.88. The number of hydrogen-bond donors (Lipinski definition) is 1. The molecule has 148 valence electrons. The van der Waals surface area contributed by atoms with E-state index in [0.717, 1.165) is 5.56 Å². The largest absolute Gasteiger partial charge is 0.478 e. The van der Waals surface area contributed by atoms with Crippen molar-refractivity contribution in [3.05, 3.63) is 99.3 Å². The first-order valence-electron chi connectivity index (χ1n) is 8.99. The molecule has 1 atom stereocenters. The fourth-order valence-corrected chi connectivity index (χ4v) is 3.57. The van der Waals surface area contributed by atoms with Crippen LogP contribution in [0.2, 0.25) is 0 Å². The van der Waals surface area contributed by atoms with Crippen LogP contribution in [0.15, 0.2) is 77.1 Å². The fraction of sp³-hybridized carbons (Fsp3) is 0.0435. The van der Waals surface area contributed by atoms with Crippen molar-refractivity contribution in [1.82, 2.24) is 0 Å². The van der Waals surface area contributed by atoms with Crippen molar-refractivity contribution in [2.45, 2.75) is 6.23 Å². The van der Waals surface area contributed by atoms with E-state index in [2.05, 4.69) is 4.99 Å². The van der Waals surface area contributed by atoms with Crippen molar-refractivity contribution in [3.63, 3.8) is 0 Å². The highest BCUT2D eigenvalue weighted by atomic mass is 32.1. The number of esters is 1. The van der Waals surface area contributed by atoms with Crippen LogP contribution in [0.4, 0.5) is 0 Å². The number of ketones is 1. The van der Waals surface area contributed by atoms with E-state index in [9.17, 15) is 14.4 Å². The van der Waals surface area contributed by atoms with Gasteiger partial charge in [-0.3, -0.25) is 4.79 Å². The monoisotopic (exact) mass is 417 g/mol.